The number of aromatic nitrogens is 1. The first kappa shape index (κ1) is 16.1. The molecule has 0 unspecified atom stereocenters. The van der Waals surface area contributed by atoms with E-state index in [2.05, 4.69) is 24.1 Å². The number of pyridine rings is 1. The van der Waals surface area contributed by atoms with Crippen LogP contribution in [0.2, 0.25) is 0 Å². The van der Waals surface area contributed by atoms with Gasteiger partial charge in [-0.1, -0.05) is 19.9 Å². The number of anilines is 1. The summed E-state index contributed by atoms with van der Waals surface area (Å²) in [6, 6.07) is 3.92. The first-order valence-corrected chi connectivity index (χ1v) is 7.29. The minimum Gasteiger partial charge on any atom is -0.345 e. The Morgan fingerprint density at radius 3 is 2.48 bits per heavy atom. The van der Waals surface area contributed by atoms with Crippen LogP contribution in [-0.4, -0.2) is 29.8 Å². The van der Waals surface area contributed by atoms with Gasteiger partial charge in [-0.05, 0) is 31.4 Å². The molecule has 0 bridgehead atoms. The molecule has 1 aliphatic carbocycles. The van der Waals surface area contributed by atoms with E-state index in [0.717, 1.165) is 24.1 Å². The SMILES string of the molecule is Cc1nc(N(CC(F)(F)F)C2CC2)ccc1CNC(C)C. The van der Waals surface area contributed by atoms with Crippen molar-refractivity contribution in [2.45, 2.75) is 58.4 Å². The molecule has 21 heavy (non-hydrogen) atoms. The number of aryl methyl sites for hydroxylation is 1. The van der Waals surface area contributed by atoms with Crippen LogP contribution in [0.3, 0.4) is 0 Å². The van der Waals surface area contributed by atoms with E-state index in [1.54, 1.807) is 6.07 Å². The van der Waals surface area contributed by atoms with Crippen molar-refractivity contribution >= 4 is 5.82 Å². The van der Waals surface area contributed by atoms with E-state index in [-0.39, 0.29) is 6.04 Å². The molecule has 0 saturated heterocycles. The maximum Gasteiger partial charge on any atom is 0.405 e. The van der Waals surface area contributed by atoms with Gasteiger partial charge in [0.25, 0.3) is 0 Å². The van der Waals surface area contributed by atoms with Gasteiger partial charge in [0.05, 0.1) is 0 Å². The molecule has 1 aliphatic rings. The van der Waals surface area contributed by atoms with Crippen molar-refractivity contribution in [3.05, 3.63) is 23.4 Å². The van der Waals surface area contributed by atoms with Crippen LogP contribution >= 0.6 is 0 Å². The highest BCUT2D eigenvalue weighted by Crippen LogP contribution is 2.33. The molecule has 0 aliphatic heterocycles. The lowest BCUT2D eigenvalue weighted by Gasteiger charge is -2.25. The Morgan fingerprint density at radius 2 is 2.00 bits per heavy atom. The minimum atomic E-state index is -4.20. The molecule has 1 heterocycles. The smallest absolute Gasteiger partial charge is 0.345 e. The van der Waals surface area contributed by atoms with Gasteiger partial charge in [0.2, 0.25) is 0 Å². The van der Waals surface area contributed by atoms with E-state index in [4.69, 9.17) is 0 Å². The summed E-state index contributed by atoms with van der Waals surface area (Å²) in [7, 11) is 0. The number of nitrogens with one attached hydrogen (secondary N) is 1. The summed E-state index contributed by atoms with van der Waals surface area (Å²) >= 11 is 0. The molecule has 1 saturated carbocycles. The molecule has 3 nitrogen and oxygen atoms in total. The lowest BCUT2D eigenvalue weighted by molar-refractivity contribution is -0.120. The van der Waals surface area contributed by atoms with E-state index in [1.807, 2.05) is 13.0 Å². The normalized spacial score (nSPS) is 15.6. The second-order valence-corrected chi connectivity index (χ2v) is 5.92. The molecular formula is C15H22F3N3. The number of hydrogen-bond acceptors (Lipinski definition) is 3. The predicted octanol–water partition coefficient (Wildman–Crippen LogP) is 3.42. The van der Waals surface area contributed by atoms with Crippen molar-refractivity contribution in [3.63, 3.8) is 0 Å². The summed E-state index contributed by atoms with van der Waals surface area (Å²) in [6.45, 7) is 5.71. The van der Waals surface area contributed by atoms with E-state index >= 15 is 0 Å². The van der Waals surface area contributed by atoms with Crippen molar-refractivity contribution in [3.8, 4) is 0 Å². The summed E-state index contributed by atoms with van der Waals surface area (Å²) in [5.74, 6) is 0.431. The van der Waals surface area contributed by atoms with Crippen molar-refractivity contribution < 1.29 is 13.2 Å². The van der Waals surface area contributed by atoms with Crippen LogP contribution in [0.15, 0.2) is 12.1 Å². The number of alkyl halides is 3. The molecule has 1 aromatic rings. The molecule has 2 rings (SSSR count). The van der Waals surface area contributed by atoms with Gasteiger partial charge in [0.1, 0.15) is 12.4 Å². The van der Waals surface area contributed by atoms with Crippen LogP contribution in [0.4, 0.5) is 19.0 Å². The minimum absolute atomic E-state index is 0.0156. The lowest BCUT2D eigenvalue weighted by atomic mass is 10.2. The highest BCUT2D eigenvalue weighted by molar-refractivity contribution is 5.44. The first-order chi connectivity index (χ1) is 9.76. The predicted molar refractivity (Wildman–Crippen MR) is 77.4 cm³/mol. The molecule has 1 fully saturated rings. The van der Waals surface area contributed by atoms with E-state index in [9.17, 15) is 13.2 Å². The van der Waals surface area contributed by atoms with Gasteiger partial charge < -0.3 is 10.2 Å². The fourth-order valence-electron chi connectivity index (χ4n) is 2.21. The van der Waals surface area contributed by atoms with Crippen molar-refractivity contribution in [2.24, 2.45) is 0 Å². The van der Waals surface area contributed by atoms with Gasteiger partial charge in [0.15, 0.2) is 0 Å². The molecule has 1 N–H and O–H groups in total. The molecule has 6 heteroatoms. The first-order valence-electron chi connectivity index (χ1n) is 7.29. The van der Waals surface area contributed by atoms with Crippen LogP contribution in [0, 0.1) is 6.92 Å². The molecule has 0 aromatic carbocycles. The second kappa shape index (κ2) is 6.22. The molecule has 0 radical (unpaired) electrons. The zero-order chi connectivity index (χ0) is 15.6. The van der Waals surface area contributed by atoms with E-state index in [0.29, 0.717) is 18.4 Å². The van der Waals surface area contributed by atoms with Gasteiger partial charge in [-0.25, -0.2) is 4.98 Å². The van der Waals surface area contributed by atoms with Crippen molar-refractivity contribution in [1.29, 1.82) is 0 Å². The summed E-state index contributed by atoms with van der Waals surface area (Å²) in [5.41, 5.74) is 1.81. The standard InChI is InChI=1S/C15H22F3N3/c1-10(2)19-8-12-4-7-14(20-11(12)3)21(13-5-6-13)9-15(16,17)18/h4,7,10,13,19H,5-6,8-9H2,1-3H3. The Balaban J connectivity index is 2.13. The van der Waals surface area contributed by atoms with E-state index in [1.165, 1.54) is 4.90 Å². The molecule has 0 atom stereocenters. The monoisotopic (exact) mass is 301 g/mol. The summed E-state index contributed by atoms with van der Waals surface area (Å²) in [6.07, 6.45) is -2.57. The number of halogens is 3. The number of rotatable bonds is 6. The van der Waals surface area contributed by atoms with Crippen molar-refractivity contribution in [1.82, 2.24) is 10.3 Å². The molecule has 0 amide bonds. The zero-order valence-electron chi connectivity index (χ0n) is 12.7. The number of hydrogen-bond donors (Lipinski definition) is 1. The fraction of sp³-hybridized carbons (Fsp3) is 0.667. The Labute approximate surface area is 123 Å². The van der Waals surface area contributed by atoms with Crippen LogP contribution in [0.5, 0.6) is 0 Å². The molecule has 118 valence electrons. The lowest BCUT2D eigenvalue weighted by Crippen LogP contribution is -2.36. The zero-order valence-corrected chi connectivity index (χ0v) is 12.7. The number of nitrogens with zero attached hydrogens (tertiary/aromatic N) is 2. The van der Waals surface area contributed by atoms with Crippen LogP contribution in [0.25, 0.3) is 0 Å². The maximum absolute atomic E-state index is 12.7. The van der Waals surface area contributed by atoms with Gasteiger partial charge >= 0.3 is 6.18 Å². The third kappa shape index (κ3) is 4.88. The molecule has 1 aromatic heterocycles. The molecule has 0 spiro atoms. The summed E-state index contributed by atoms with van der Waals surface area (Å²) in [4.78, 5) is 5.76. The third-order valence-corrected chi connectivity index (χ3v) is 3.51. The average Bonchev–Trinajstić information content (AvgIpc) is 3.17. The van der Waals surface area contributed by atoms with E-state index < -0.39 is 12.7 Å². The Kier molecular flexibility index (Phi) is 4.76. The van der Waals surface area contributed by atoms with Crippen molar-refractivity contribution in [2.75, 3.05) is 11.4 Å². The van der Waals surface area contributed by atoms with Gasteiger partial charge in [-0.2, -0.15) is 13.2 Å². The van der Waals surface area contributed by atoms with Crippen LogP contribution in [-0.2, 0) is 6.54 Å². The highest BCUT2D eigenvalue weighted by atomic mass is 19.4. The largest absolute Gasteiger partial charge is 0.405 e. The molecular weight excluding hydrogens is 279 g/mol. The Bertz CT molecular complexity index is 482. The highest BCUT2D eigenvalue weighted by Gasteiger charge is 2.38. The topological polar surface area (TPSA) is 28.2 Å². The van der Waals surface area contributed by atoms with Crippen LogP contribution in [0.1, 0.15) is 37.9 Å². The van der Waals surface area contributed by atoms with Crippen LogP contribution < -0.4 is 10.2 Å². The third-order valence-electron chi connectivity index (χ3n) is 3.51. The Hall–Kier alpha value is -1.30. The Morgan fingerprint density at radius 1 is 1.33 bits per heavy atom. The summed E-state index contributed by atoms with van der Waals surface area (Å²) in [5, 5.41) is 3.29. The summed E-state index contributed by atoms with van der Waals surface area (Å²) < 4.78 is 38.1. The average molecular weight is 301 g/mol. The fourth-order valence-corrected chi connectivity index (χ4v) is 2.21. The van der Waals surface area contributed by atoms with Gasteiger partial charge in [-0.15, -0.1) is 0 Å². The van der Waals surface area contributed by atoms with Gasteiger partial charge in [0, 0.05) is 24.3 Å². The quantitative estimate of drug-likeness (QED) is 0.872. The second-order valence-electron chi connectivity index (χ2n) is 5.92. The maximum atomic E-state index is 12.7. The van der Waals surface area contributed by atoms with Gasteiger partial charge in [-0.3, -0.25) is 0 Å².